The molecule has 1 aliphatic rings. The summed E-state index contributed by atoms with van der Waals surface area (Å²) in [6.07, 6.45) is -1.87. The number of hydrogen-bond acceptors (Lipinski definition) is 7. The molecule has 3 N–H and O–H groups in total. The molecule has 0 bridgehead atoms. The molecule has 0 radical (unpaired) electrons. The third kappa shape index (κ3) is 3.24. The molecule has 28 heavy (non-hydrogen) atoms. The van der Waals surface area contributed by atoms with Gasteiger partial charge in [0.25, 0.3) is 0 Å². The minimum absolute atomic E-state index is 0.361. The second kappa shape index (κ2) is 7.48. The first-order chi connectivity index (χ1) is 13.5. The molecule has 0 saturated carbocycles. The first-order valence-electron chi connectivity index (χ1n) is 9.14. The van der Waals surface area contributed by atoms with Gasteiger partial charge in [-0.15, -0.1) is 5.10 Å². The average molecular weight is 385 g/mol. The van der Waals surface area contributed by atoms with Crippen LogP contribution >= 0.6 is 0 Å². The fraction of sp³-hybridized carbons (Fsp3) is 0.400. The van der Waals surface area contributed by atoms with Crippen LogP contribution in [0, 0.1) is 0 Å². The van der Waals surface area contributed by atoms with E-state index in [1.807, 2.05) is 36.4 Å². The van der Waals surface area contributed by atoms with E-state index in [9.17, 15) is 15.3 Å². The smallest absolute Gasteiger partial charge is 0.119 e. The monoisotopic (exact) mass is 385 g/mol. The summed E-state index contributed by atoms with van der Waals surface area (Å²) in [6, 6.07) is 11.2. The van der Waals surface area contributed by atoms with Crippen LogP contribution in [-0.2, 0) is 4.74 Å². The Balaban J connectivity index is 1.63. The predicted octanol–water partition coefficient (Wildman–Crippen LogP) is 1.15. The molecule has 8 nitrogen and oxygen atoms in total. The van der Waals surface area contributed by atoms with E-state index in [1.165, 1.54) is 4.68 Å². The van der Waals surface area contributed by atoms with Gasteiger partial charge in [0.2, 0.25) is 0 Å². The highest BCUT2D eigenvalue weighted by atomic mass is 16.5. The minimum Gasteiger partial charge on any atom is -0.497 e. The zero-order chi connectivity index (χ0) is 19.8. The van der Waals surface area contributed by atoms with Gasteiger partial charge in [-0.25, -0.2) is 4.68 Å². The largest absolute Gasteiger partial charge is 0.497 e. The van der Waals surface area contributed by atoms with Crippen molar-refractivity contribution in [2.24, 2.45) is 0 Å². The molecule has 1 saturated heterocycles. The normalized spacial score (nSPS) is 27.8. The Hall–Kier alpha value is -2.52. The van der Waals surface area contributed by atoms with Crippen molar-refractivity contribution >= 4 is 10.8 Å². The average Bonchev–Trinajstić information content (AvgIpc) is 3.19. The Bertz CT molecular complexity index is 975. The number of nitrogens with zero attached hydrogens (tertiary/aromatic N) is 3. The number of aliphatic hydroxyl groups is 3. The van der Waals surface area contributed by atoms with Crippen molar-refractivity contribution in [2.45, 2.75) is 37.4 Å². The minimum atomic E-state index is -1.20. The number of aromatic nitrogens is 3. The fourth-order valence-corrected chi connectivity index (χ4v) is 3.72. The van der Waals surface area contributed by atoms with E-state index < -0.39 is 30.5 Å². The van der Waals surface area contributed by atoms with Gasteiger partial charge in [0.15, 0.2) is 0 Å². The Kier molecular flexibility index (Phi) is 5.03. The van der Waals surface area contributed by atoms with Crippen molar-refractivity contribution < 1.29 is 24.8 Å². The van der Waals surface area contributed by atoms with E-state index >= 15 is 0 Å². The maximum Gasteiger partial charge on any atom is 0.119 e. The molecule has 8 heteroatoms. The zero-order valence-electron chi connectivity index (χ0n) is 15.6. The van der Waals surface area contributed by atoms with E-state index in [1.54, 1.807) is 20.2 Å². The fourth-order valence-electron chi connectivity index (χ4n) is 3.72. The van der Waals surface area contributed by atoms with Gasteiger partial charge < -0.3 is 24.8 Å². The summed E-state index contributed by atoms with van der Waals surface area (Å²) in [5.41, 5.74) is 1.53. The van der Waals surface area contributed by atoms with Gasteiger partial charge >= 0.3 is 0 Å². The lowest BCUT2D eigenvalue weighted by atomic mass is 9.93. The molecule has 5 atom stereocenters. The molecule has 0 amide bonds. The Morgan fingerprint density at radius 2 is 1.86 bits per heavy atom. The number of methoxy groups -OCH3 is 1. The zero-order valence-corrected chi connectivity index (χ0v) is 15.6. The molecule has 0 spiro atoms. The van der Waals surface area contributed by atoms with Crippen molar-refractivity contribution in [1.29, 1.82) is 0 Å². The van der Waals surface area contributed by atoms with E-state index in [-0.39, 0.29) is 6.61 Å². The van der Waals surface area contributed by atoms with Gasteiger partial charge in [-0.05, 0) is 35.9 Å². The van der Waals surface area contributed by atoms with E-state index in [0.29, 0.717) is 5.69 Å². The molecule has 0 aliphatic carbocycles. The van der Waals surface area contributed by atoms with Gasteiger partial charge in [0, 0.05) is 5.56 Å². The summed E-state index contributed by atoms with van der Waals surface area (Å²) < 4.78 is 12.4. The second-order valence-corrected chi connectivity index (χ2v) is 7.05. The number of rotatable bonds is 4. The van der Waals surface area contributed by atoms with E-state index in [2.05, 4.69) is 10.3 Å². The molecule has 148 valence electrons. The first kappa shape index (κ1) is 18.8. The lowest BCUT2D eigenvalue weighted by Gasteiger charge is -2.40. The number of fused-ring (bicyclic) bond motifs is 1. The maximum absolute atomic E-state index is 10.5. The van der Waals surface area contributed by atoms with E-state index in [4.69, 9.17) is 9.47 Å². The number of hydrogen-bond donors (Lipinski definition) is 3. The molecule has 1 aliphatic heterocycles. The third-order valence-corrected chi connectivity index (χ3v) is 5.29. The van der Waals surface area contributed by atoms with Crippen molar-refractivity contribution in [3.63, 3.8) is 0 Å². The molecule has 3 aromatic rings. The molecular weight excluding hydrogens is 362 g/mol. The molecule has 2 heterocycles. The standard InChI is InChI=1S/C20H23N3O5/c1-11-18(20(26)19(25)17(10-24)28-11)23-9-16(21-22-23)14-4-3-13-8-15(27-2)6-5-12(13)7-14/h3-9,11,17-20,24-26H,10H2,1-2H3/t11-,17+,18-,19-,20+/m0/s1. The van der Waals surface area contributed by atoms with Crippen LogP contribution in [-0.4, -0.2) is 68.4 Å². The maximum atomic E-state index is 10.5. The van der Waals surface area contributed by atoms with Crippen LogP contribution < -0.4 is 4.74 Å². The molecule has 1 aromatic heterocycles. The first-order valence-corrected chi connectivity index (χ1v) is 9.14. The van der Waals surface area contributed by atoms with Crippen LogP contribution in [0.15, 0.2) is 42.6 Å². The summed E-state index contributed by atoms with van der Waals surface area (Å²) in [7, 11) is 1.64. The van der Waals surface area contributed by atoms with Crippen molar-refractivity contribution in [3.05, 3.63) is 42.6 Å². The van der Waals surface area contributed by atoms with Gasteiger partial charge in [-0.2, -0.15) is 0 Å². The highest BCUT2D eigenvalue weighted by Crippen LogP contribution is 2.31. The number of aliphatic hydroxyl groups excluding tert-OH is 3. The Labute approximate surface area is 161 Å². The lowest BCUT2D eigenvalue weighted by molar-refractivity contribution is -0.200. The van der Waals surface area contributed by atoms with Crippen LogP contribution in [0.2, 0.25) is 0 Å². The van der Waals surface area contributed by atoms with Crippen molar-refractivity contribution in [3.8, 4) is 17.0 Å². The predicted molar refractivity (Wildman–Crippen MR) is 102 cm³/mol. The lowest BCUT2D eigenvalue weighted by Crippen LogP contribution is -2.55. The van der Waals surface area contributed by atoms with Crippen LogP contribution in [0.4, 0.5) is 0 Å². The highest BCUT2D eigenvalue weighted by Gasteiger charge is 2.43. The summed E-state index contributed by atoms with van der Waals surface area (Å²) >= 11 is 0. The molecule has 2 aromatic carbocycles. The summed E-state index contributed by atoms with van der Waals surface area (Å²) in [5, 5.41) is 40.4. The molecule has 0 unspecified atom stereocenters. The van der Waals surface area contributed by atoms with Crippen molar-refractivity contribution in [1.82, 2.24) is 15.0 Å². The molecule has 4 rings (SSSR count). The number of ether oxygens (including phenoxy) is 2. The van der Waals surface area contributed by atoms with E-state index in [0.717, 1.165) is 22.1 Å². The summed E-state index contributed by atoms with van der Waals surface area (Å²) in [6.45, 7) is 1.41. The van der Waals surface area contributed by atoms with Crippen LogP contribution in [0.5, 0.6) is 5.75 Å². The SMILES string of the molecule is COc1ccc2cc(-c3cn([C@@H]4[C@@H](O)[C@@H](O)[C@@H](CO)O[C@H]4C)nn3)ccc2c1. The number of benzene rings is 2. The van der Waals surface area contributed by atoms with Crippen LogP contribution in [0.25, 0.3) is 22.0 Å². The van der Waals surface area contributed by atoms with Gasteiger partial charge in [-0.1, -0.05) is 23.4 Å². The quantitative estimate of drug-likeness (QED) is 0.618. The molecular formula is C20H23N3O5. The summed E-state index contributed by atoms with van der Waals surface area (Å²) in [5.74, 6) is 0.797. The van der Waals surface area contributed by atoms with Crippen LogP contribution in [0.1, 0.15) is 13.0 Å². The molecule has 1 fully saturated rings. The van der Waals surface area contributed by atoms with Crippen LogP contribution in [0.3, 0.4) is 0 Å². The van der Waals surface area contributed by atoms with Gasteiger partial charge in [-0.3, -0.25) is 0 Å². The Morgan fingerprint density at radius 1 is 1.11 bits per heavy atom. The Morgan fingerprint density at radius 3 is 2.61 bits per heavy atom. The topological polar surface area (TPSA) is 110 Å². The third-order valence-electron chi connectivity index (χ3n) is 5.29. The highest BCUT2D eigenvalue weighted by molar-refractivity contribution is 5.87. The van der Waals surface area contributed by atoms with Crippen molar-refractivity contribution in [2.75, 3.05) is 13.7 Å². The van der Waals surface area contributed by atoms with Gasteiger partial charge in [0.05, 0.1) is 26.0 Å². The van der Waals surface area contributed by atoms with Gasteiger partial charge in [0.1, 0.15) is 35.8 Å². The summed E-state index contributed by atoms with van der Waals surface area (Å²) in [4.78, 5) is 0. The second-order valence-electron chi connectivity index (χ2n) is 7.05.